The third kappa shape index (κ3) is 15.9. The second kappa shape index (κ2) is 28.1. The van der Waals surface area contributed by atoms with Crippen LogP contribution in [0.3, 0.4) is 0 Å². The minimum absolute atomic E-state index is 0.0233. The van der Waals surface area contributed by atoms with Crippen molar-refractivity contribution in [2.24, 2.45) is 17.6 Å². The first-order valence-electron chi connectivity index (χ1n) is 28.1. The number of pyridine rings is 1. The summed E-state index contributed by atoms with van der Waals surface area (Å²) in [6.45, 7) is 1.81. The topological polar surface area (TPSA) is 268 Å². The lowest BCUT2D eigenvalue weighted by molar-refractivity contribution is -0.143. The summed E-state index contributed by atoms with van der Waals surface area (Å²) in [4.78, 5) is 113. The second-order valence-corrected chi connectivity index (χ2v) is 21.3. The van der Waals surface area contributed by atoms with Crippen molar-refractivity contribution in [1.82, 2.24) is 46.8 Å². The molecule has 0 spiro atoms. The number of hydrogen-bond donors (Lipinski definition) is 8. The van der Waals surface area contributed by atoms with Gasteiger partial charge in [-0.3, -0.25) is 33.8 Å². The number of alkyl carbamates (subject to hydrolysis) is 1. The van der Waals surface area contributed by atoms with Crippen molar-refractivity contribution >= 4 is 52.3 Å². The number of nitrogens with zero attached hydrogens (tertiary/aromatic N) is 2. The molecule has 6 aromatic rings. The number of carbonyl (C=O) groups is 7. The summed E-state index contributed by atoms with van der Waals surface area (Å²) in [5, 5.41) is 18.8. The minimum Gasteiger partial charge on any atom is -0.489 e. The molecule has 19 nitrogen and oxygen atoms in total. The number of aryl methyl sites for hydroxylation is 1. The molecule has 424 valence electrons. The quantitative estimate of drug-likeness (QED) is 0.0633. The van der Waals surface area contributed by atoms with Gasteiger partial charge in [-0.2, -0.15) is 0 Å². The molecule has 9 rings (SSSR count). The van der Waals surface area contributed by atoms with Gasteiger partial charge in [0.15, 0.2) is 5.78 Å². The Labute approximate surface area is 471 Å². The van der Waals surface area contributed by atoms with Gasteiger partial charge in [-0.25, -0.2) is 4.79 Å². The van der Waals surface area contributed by atoms with Gasteiger partial charge in [-0.1, -0.05) is 97.1 Å². The van der Waals surface area contributed by atoms with E-state index < -0.39 is 83.6 Å². The van der Waals surface area contributed by atoms with Crippen LogP contribution in [0.25, 0.3) is 10.9 Å². The Kier molecular flexibility index (Phi) is 19.9. The number of para-hydroxylation sites is 1. The van der Waals surface area contributed by atoms with Gasteiger partial charge in [0.05, 0.1) is 12.6 Å². The molecular formula is C62H72N10O9. The van der Waals surface area contributed by atoms with Gasteiger partial charge < -0.3 is 57.0 Å². The van der Waals surface area contributed by atoms with Gasteiger partial charge >= 0.3 is 6.09 Å². The molecule has 0 radical (unpaired) electrons. The normalized spacial score (nSPS) is 22.6. The van der Waals surface area contributed by atoms with E-state index in [4.69, 9.17) is 15.2 Å². The van der Waals surface area contributed by atoms with Crippen LogP contribution in [0.2, 0.25) is 0 Å². The molecule has 3 fully saturated rings. The number of ketones is 1. The molecule has 3 aliphatic heterocycles. The van der Waals surface area contributed by atoms with Gasteiger partial charge in [-0.05, 0) is 103 Å². The van der Waals surface area contributed by atoms with Crippen LogP contribution in [-0.2, 0) is 65.8 Å². The average Bonchev–Trinajstić information content (AvgIpc) is 4.11. The van der Waals surface area contributed by atoms with Crippen molar-refractivity contribution in [3.8, 4) is 5.75 Å². The molecule has 0 saturated carbocycles. The number of ether oxygens (including phenoxy) is 2. The predicted octanol–water partition coefficient (Wildman–Crippen LogP) is 4.37. The molecule has 19 heteroatoms. The lowest BCUT2D eigenvalue weighted by atomic mass is 9.83. The third-order valence-corrected chi connectivity index (χ3v) is 15.5. The summed E-state index contributed by atoms with van der Waals surface area (Å²) in [5.74, 6) is -3.92. The maximum absolute atomic E-state index is 15.4. The largest absolute Gasteiger partial charge is 0.489 e. The number of fused-ring (bicyclic) bond motifs is 2. The fraction of sp³-hybridized carbons (Fsp3) is 0.387. The number of aromatic nitrogens is 2. The maximum Gasteiger partial charge on any atom is 0.407 e. The average molecular weight is 1100 g/mol. The lowest BCUT2D eigenvalue weighted by Gasteiger charge is -2.32. The zero-order chi connectivity index (χ0) is 56.5. The molecule has 6 amide bonds. The van der Waals surface area contributed by atoms with Crippen LogP contribution < -0.4 is 42.4 Å². The number of benzene rings is 4. The zero-order valence-electron chi connectivity index (χ0n) is 45.4. The Balaban J connectivity index is 1.10. The summed E-state index contributed by atoms with van der Waals surface area (Å²) in [7, 11) is 0. The van der Waals surface area contributed by atoms with Gasteiger partial charge in [0.2, 0.25) is 29.5 Å². The van der Waals surface area contributed by atoms with E-state index in [1.165, 1.54) is 4.90 Å². The Morgan fingerprint density at radius 2 is 1.35 bits per heavy atom. The molecule has 9 N–H and O–H groups in total. The van der Waals surface area contributed by atoms with E-state index in [0.29, 0.717) is 36.3 Å². The van der Waals surface area contributed by atoms with Crippen LogP contribution in [0, 0.1) is 11.8 Å². The number of rotatable bonds is 17. The van der Waals surface area contributed by atoms with Crippen molar-refractivity contribution in [3.63, 3.8) is 0 Å². The van der Waals surface area contributed by atoms with E-state index in [1.54, 1.807) is 42.9 Å². The molecular weight excluding hydrogens is 1030 g/mol. The molecule has 3 aliphatic rings. The Bertz CT molecular complexity index is 3080. The van der Waals surface area contributed by atoms with Crippen LogP contribution in [0.5, 0.6) is 5.75 Å². The van der Waals surface area contributed by atoms with Crippen LogP contribution >= 0.6 is 0 Å². The van der Waals surface area contributed by atoms with Crippen LogP contribution in [0.15, 0.2) is 140 Å². The Hall–Kier alpha value is -8.42. The van der Waals surface area contributed by atoms with Gasteiger partial charge in [0.25, 0.3) is 0 Å². The first-order valence-corrected chi connectivity index (χ1v) is 28.1. The fourth-order valence-electron chi connectivity index (χ4n) is 11.1. The molecule has 0 unspecified atom stereocenters. The summed E-state index contributed by atoms with van der Waals surface area (Å²) >= 11 is 0. The van der Waals surface area contributed by atoms with E-state index in [1.807, 2.05) is 97.1 Å². The number of hydrogen-bond acceptors (Lipinski definition) is 12. The maximum atomic E-state index is 15.4. The highest BCUT2D eigenvalue weighted by molar-refractivity contribution is 5.99. The monoisotopic (exact) mass is 1100 g/mol. The zero-order valence-corrected chi connectivity index (χ0v) is 45.4. The summed E-state index contributed by atoms with van der Waals surface area (Å²) in [6, 6.07) is 31.1. The lowest BCUT2D eigenvalue weighted by Crippen LogP contribution is -2.60. The van der Waals surface area contributed by atoms with E-state index >= 15 is 28.8 Å². The number of nitrogens with one attached hydrogen (secondary N) is 7. The van der Waals surface area contributed by atoms with Gasteiger partial charge in [0.1, 0.15) is 42.6 Å². The minimum atomic E-state index is -1.34. The second-order valence-electron chi connectivity index (χ2n) is 21.3. The van der Waals surface area contributed by atoms with Crippen molar-refractivity contribution in [2.75, 3.05) is 32.7 Å². The predicted molar refractivity (Wildman–Crippen MR) is 304 cm³/mol. The van der Waals surface area contributed by atoms with Crippen molar-refractivity contribution in [1.29, 1.82) is 0 Å². The van der Waals surface area contributed by atoms with Crippen LogP contribution in [-0.4, -0.2) is 125 Å². The molecule has 0 bridgehead atoms. The number of piperidine rings is 1. The Morgan fingerprint density at radius 1 is 0.679 bits per heavy atom. The first kappa shape index (κ1) is 57.3. The molecule has 4 aromatic carbocycles. The number of Topliss-reactive ketones (excluding diaryl/α,β-unsaturated/α-hetero) is 1. The number of aromatic amines is 1. The molecule has 81 heavy (non-hydrogen) atoms. The number of amides is 6. The fourth-order valence-corrected chi connectivity index (χ4v) is 11.1. The van der Waals surface area contributed by atoms with Crippen molar-refractivity contribution < 1.29 is 43.0 Å². The SMILES string of the molecule is NCCNC(=O)O[C@@H]1C[C@H]2C(=O)N[C@H](CCc3ccccc3)C(=O)N[C@H](Cc3c[nH]c4ccccc34)C(=O)C[C@@H](CC3CCNCC3)C(=O)N[C@@H](Cc3ccc(OCc4ccccc4)cc3)C(=O)N[C@@H](Cc3cccnc3)C(=O)N2C1. The third-order valence-electron chi connectivity index (χ3n) is 15.5. The smallest absolute Gasteiger partial charge is 0.407 e. The van der Waals surface area contributed by atoms with E-state index in [0.717, 1.165) is 53.5 Å². The number of carbonyl (C=O) groups excluding carboxylic acids is 7. The number of H-pyrrole nitrogens is 1. The highest BCUT2D eigenvalue weighted by Gasteiger charge is 2.45. The van der Waals surface area contributed by atoms with Crippen LogP contribution in [0.4, 0.5) is 4.79 Å². The number of nitrogens with two attached hydrogens (primary N) is 1. The van der Waals surface area contributed by atoms with Gasteiger partial charge in [0, 0.05) is 80.6 Å². The highest BCUT2D eigenvalue weighted by atomic mass is 16.6. The highest BCUT2D eigenvalue weighted by Crippen LogP contribution is 2.28. The summed E-state index contributed by atoms with van der Waals surface area (Å²) in [6.07, 6.45) is 4.99. The first-order chi connectivity index (χ1) is 39.5. The standard InChI is InChI=1S/C62H72N10O9/c63-25-29-66-62(79)81-48-35-55-60(77)68-51(22-19-40-10-3-1-4-11-40)58(75)69-52(33-46-37-67-50-16-8-7-15-49(46)50)56(73)34-45(30-42-23-27-64-28-24-42)57(74)70-53(31-41-17-20-47(21-18-41)80-39-43-12-5-2-6-13-43)59(76)71-54(61(78)72(55)38-48)32-44-14-9-26-65-36-44/h1-18,20-21,26,36-37,42,45,48,51-55,64,67H,19,22-25,27-35,38-39,63H2,(H,66,79)(H,68,77)(H,69,75)(H,70,74)(H,71,76)/t45-,48-,51-,52-,53+,54+,55+/m1/s1. The molecule has 5 heterocycles. The molecule has 0 aliphatic carbocycles. The summed E-state index contributed by atoms with van der Waals surface area (Å²) < 4.78 is 11.9. The summed E-state index contributed by atoms with van der Waals surface area (Å²) in [5.41, 5.74) is 10.4. The molecule has 2 aromatic heterocycles. The molecule has 7 atom stereocenters. The Morgan fingerprint density at radius 3 is 2.09 bits per heavy atom. The van der Waals surface area contributed by atoms with E-state index in [2.05, 4.69) is 41.9 Å². The van der Waals surface area contributed by atoms with Crippen LogP contribution in [0.1, 0.15) is 66.3 Å². The van der Waals surface area contributed by atoms with E-state index in [-0.39, 0.29) is 64.1 Å². The van der Waals surface area contributed by atoms with Crippen molar-refractivity contribution in [2.45, 2.75) is 107 Å². The van der Waals surface area contributed by atoms with Crippen molar-refractivity contribution in [3.05, 3.63) is 168 Å². The van der Waals surface area contributed by atoms with E-state index in [9.17, 15) is 4.79 Å². The van der Waals surface area contributed by atoms with Gasteiger partial charge in [-0.15, -0.1) is 0 Å². The molecule has 3 saturated heterocycles.